The Bertz CT molecular complexity index is 1080. The van der Waals surface area contributed by atoms with Crippen LogP contribution in [0.25, 0.3) is 0 Å². The number of hydrogen-bond donors (Lipinski definition) is 0. The van der Waals surface area contributed by atoms with Crippen molar-refractivity contribution in [2.24, 2.45) is 5.92 Å². The van der Waals surface area contributed by atoms with E-state index < -0.39 is 0 Å². The summed E-state index contributed by atoms with van der Waals surface area (Å²) in [5.74, 6) is 0.601. The van der Waals surface area contributed by atoms with E-state index in [0.717, 1.165) is 51.7 Å². The summed E-state index contributed by atoms with van der Waals surface area (Å²) in [6.07, 6.45) is 9.22. The lowest BCUT2D eigenvalue weighted by molar-refractivity contribution is 0.0477. The van der Waals surface area contributed by atoms with Gasteiger partial charge in [-0.05, 0) is 92.8 Å². The highest BCUT2D eigenvalue weighted by Crippen LogP contribution is 2.36. The van der Waals surface area contributed by atoms with E-state index in [0.29, 0.717) is 17.7 Å². The lowest BCUT2D eigenvalue weighted by Gasteiger charge is -2.42. The molecular weight excluding hydrogens is 450 g/mol. The Morgan fingerprint density at radius 1 is 0.943 bits per heavy atom. The molecule has 5 heteroatoms. The Balaban J connectivity index is 1.32. The van der Waals surface area contributed by atoms with Crippen LogP contribution in [0.2, 0.25) is 0 Å². The predicted octanol–water partition coefficient (Wildman–Crippen LogP) is 5.93. The van der Waals surface area contributed by atoms with Crippen LogP contribution in [0.5, 0.6) is 0 Å². The van der Waals surface area contributed by atoms with Gasteiger partial charge in [-0.25, -0.2) is 0 Å². The molecule has 1 atom stereocenters. The third-order valence-electron chi connectivity index (χ3n) is 7.45. The van der Waals surface area contributed by atoms with Gasteiger partial charge in [-0.2, -0.15) is 0 Å². The summed E-state index contributed by atoms with van der Waals surface area (Å²) in [6.45, 7) is 3.16. The number of carbonyl (C=O) groups is 1. The number of rotatable bonds is 9. The van der Waals surface area contributed by atoms with E-state index in [2.05, 4.69) is 75.6 Å². The lowest BCUT2D eigenvalue weighted by atomic mass is 9.84. The quantitative estimate of drug-likeness (QED) is 0.352. The molecule has 2 aliphatic rings. The van der Waals surface area contributed by atoms with E-state index in [1.807, 2.05) is 18.2 Å². The number of likely N-dealkylation sites (tertiary alicyclic amines) is 1. The van der Waals surface area contributed by atoms with E-state index in [-0.39, 0.29) is 11.9 Å². The Labute approximate surface area is 213 Å². The second kappa shape index (κ2) is 11.4. The molecule has 0 spiro atoms. The number of hydrogen-bond acceptors (Lipinski definition) is 4. The van der Waals surface area contributed by atoms with Gasteiger partial charge in [0.1, 0.15) is 5.69 Å². The topological polar surface area (TPSA) is 36.4 Å². The molecule has 35 heavy (non-hydrogen) atoms. The lowest BCUT2D eigenvalue weighted by Crippen LogP contribution is -2.50. The minimum atomic E-state index is 0.102. The number of piperidine rings is 1. The van der Waals surface area contributed by atoms with Gasteiger partial charge in [0.15, 0.2) is 0 Å². The fourth-order valence-electron chi connectivity index (χ4n) is 5.39. The Kier molecular flexibility index (Phi) is 7.85. The molecule has 0 radical (unpaired) electrons. The van der Waals surface area contributed by atoms with Gasteiger partial charge < -0.3 is 4.90 Å². The fraction of sp³-hybridized carbons (Fsp3) is 0.400. The first-order valence-corrected chi connectivity index (χ1v) is 14.1. The van der Waals surface area contributed by atoms with Crippen LogP contribution >= 0.6 is 11.8 Å². The minimum absolute atomic E-state index is 0.102. The molecule has 3 aromatic rings. The first-order valence-electron chi connectivity index (χ1n) is 12.8. The SMILES string of the molecule is CSc1ccc(CN2CCC(C(Cc3ccccc3)N(C(=O)c3ccccn3)C3CC3)CC2)cc1. The van der Waals surface area contributed by atoms with Crippen LogP contribution in [0.1, 0.15) is 47.3 Å². The molecule has 2 fully saturated rings. The summed E-state index contributed by atoms with van der Waals surface area (Å²) in [5, 5.41) is 0. The number of thioether (sulfide) groups is 1. The molecule has 1 aliphatic carbocycles. The van der Waals surface area contributed by atoms with Crippen LogP contribution in [0.4, 0.5) is 0 Å². The highest BCUT2D eigenvalue weighted by molar-refractivity contribution is 7.98. The molecule has 2 heterocycles. The first kappa shape index (κ1) is 24.1. The van der Waals surface area contributed by atoms with Crippen LogP contribution in [0.3, 0.4) is 0 Å². The minimum Gasteiger partial charge on any atom is -0.331 e. The van der Waals surface area contributed by atoms with Crippen molar-refractivity contribution in [1.29, 1.82) is 0 Å². The molecule has 1 aromatic heterocycles. The molecule has 1 amide bonds. The highest BCUT2D eigenvalue weighted by Gasteiger charge is 2.42. The van der Waals surface area contributed by atoms with Crippen LogP contribution in [0.15, 0.2) is 83.9 Å². The van der Waals surface area contributed by atoms with Crippen molar-refractivity contribution in [2.75, 3.05) is 19.3 Å². The average molecular weight is 486 g/mol. The van der Waals surface area contributed by atoms with Gasteiger partial charge in [-0.15, -0.1) is 11.8 Å². The smallest absolute Gasteiger partial charge is 0.272 e. The molecule has 2 aromatic carbocycles. The molecule has 5 rings (SSSR count). The summed E-state index contributed by atoms with van der Waals surface area (Å²) in [4.78, 5) is 24.2. The van der Waals surface area contributed by atoms with E-state index in [1.165, 1.54) is 16.0 Å². The standard InChI is InChI=1S/C30H35N3OS/c1-35-27-14-10-24(11-15-27)22-32-19-16-25(17-20-32)29(21-23-7-3-2-4-8-23)33(26-12-13-26)30(34)28-9-5-6-18-31-28/h2-11,14-15,18,25-26,29H,12-13,16-17,19-22H2,1H3. The maximum atomic E-state index is 13.7. The average Bonchev–Trinajstić information content (AvgIpc) is 3.75. The molecule has 1 aliphatic heterocycles. The second-order valence-electron chi connectivity index (χ2n) is 9.88. The van der Waals surface area contributed by atoms with E-state index >= 15 is 0 Å². The molecular formula is C30H35N3OS. The van der Waals surface area contributed by atoms with Crippen LogP contribution in [0, 0.1) is 5.92 Å². The Hall–Kier alpha value is -2.63. The number of benzene rings is 2. The van der Waals surface area contributed by atoms with Crippen molar-refractivity contribution < 1.29 is 4.79 Å². The van der Waals surface area contributed by atoms with Crippen LogP contribution in [-0.4, -0.2) is 52.1 Å². The number of amides is 1. The van der Waals surface area contributed by atoms with Crippen LogP contribution in [-0.2, 0) is 13.0 Å². The normalized spacial score (nSPS) is 17.7. The fourth-order valence-corrected chi connectivity index (χ4v) is 5.80. The van der Waals surface area contributed by atoms with Gasteiger partial charge in [0.05, 0.1) is 0 Å². The Morgan fingerprint density at radius 2 is 1.66 bits per heavy atom. The zero-order valence-electron chi connectivity index (χ0n) is 20.6. The first-order chi connectivity index (χ1) is 17.2. The van der Waals surface area contributed by atoms with Crippen molar-refractivity contribution in [3.8, 4) is 0 Å². The van der Waals surface area contributed by atoms with E-state index in [9.17, 15) is 4.79 Å². The van der Waals surface area contributed by atoms with E-state index in [4.69, 9.17) is 0 Å². The van der Waals surface area contributed by atoms with Gasteiger partial charge in [0.25, 0.3) is 5.91 Å². The summed E-state index contributed by atoms with van der Waals surface area (Å²) in [5.41, 5.74) is 3.27. The zero-order valence-corrected chi connectivity index (χ0v) is 21.4. The van der Waals surface area contributed by atoms with E-state index in [1.54, 1.807) is 18.0 Å². The molecule has 1 saturated heterocycles. The maximum Gasteiger partial charge on any atom is 0.272 e. The number of aromatic nitrogens is 1. The van der Waals surface area contributed by atoms with Crippen molar-refractivity contribution in [2.45, 2.75) is 55.6 Å². The summed E-state index contributed by atoms with van der Waals surface area (Å²) < 4.78 is 0. The third-order valence-corrected chi connectivity index (χ3v) is 8.19. The molecule has 1 unspecified atom stereocenters. The third kappa shape index (κ3) is 6.14. The van der Waals surface area contributed by atoms with Gasteiger partial charge in [0, 0.05) is 29.7 Å². The number of pyridine rings is 1. The summed E-state index contributed by atoms with van der Waals surface area (Å²) in [6, 6.07) is 25.9. The maximum absolute atomic E-state index is 13.7. The van der Waals surface area contributed by atoms with Crippen molar-refractivity contribution in [3.05, 3.63) is 95.8 Å². The molecule has 4 nitrogen and oxygen atoms in total. The summed E-state index contributed by atoms with van der Waals surface area (Å²) >= 11 is 1.79. The largest absolute Gasteiger partial charge is 0.331 e. The van der Waals surface area contributed by atoms with Gasteiger partial charge in [0.2, 0.25) is 0 Å². The predicted molar refractivity (Wildman–Crippen MR) is 144 cm³/mol. The van der Waals surface area contributed by atoms with Gasteiger partial charge >= 0.3 is 0 Å². The van der Waals surface area contributed by atoms with Gasteiger partial charge in [-0.1, -0.05) is 48.5 Å². The summed E-state index contributed by atoms with van der Waals surface area (Å²) in [7, 11) is 0. The van der Waals surface area contributed by atoms with Crippen molar-refractivity contribution >= 4 is 17.7 Å². The van der Waals surface area contributed by atoms with Crippen LogP contribution < -0.4 is 0 Å². The molecule has 1 saturated carbocycles. The highest BCUT2D eigenvalue weighted by atomic mass is 32.2. The number of nitrogens with zero attached hydrogens (tertiary/aromatic N) is 3. The number of carbonyl (C=O) groups excluding carboxylic acids is 1. The van der Waals surface area contributed by atoms with Crippen molar-refractivity contribution in [3.63, 3.8) is 0 Å². The van der Waals surface area contributed by atoms with Crippen molar-refractivity contribution in [1.82, 2.24) is 14.8 Å². The zero-order chi connectivity index (χ0) is 24.0. The Morgan fingerprint density at radius 3 is 2.29 bits per heavy atom. The monoisotopic (exact) mass is 485 g/mol. The molecule has 182 valence electrons. The van der Waals surface area contributed by atoms with Gasteiger partial charge in [-0.3, -0.25) is 14.7 Å². The molecule has 0 N–H and O–H groups in total. The second-order valence-corrected chi connectivity index (χ2v) is 10.8. The molecule has 0 bridgehead atoms.